The van der Waals surface area contributed by atoms with E-state index in [9.17, 15) is 15.2 Å². The molecule has 1 aromatic carbocycles. The Morgan fingerprint density at radius 1 is 1.43 bits per heavy atom. The van der Waals surface area contributed by atoms with E-state index in [-0.39, 0.29) is 12.3 Å². The van der Waals surface area contributed by atoms with E-state index in [1.807, 2.05) is 4.90 Å². The minimum Gasteiger partial charge on any atom is -0.491 e. The molecular formula is C16H23N3O4. The Balaban J connectivity index is 2.51. The predicted molar refractivity (Wildman–Crippen MR) is 86.1 cm³/mol. The fourth-order valence-electron chi connectivity index (χ4n) is 2.21. The summed E-state index contributed by atoms with van der Waals surface area (Å²) in [5.41, 5.74) is -0.0487. The van der Waals surface area contributed by atoms with Crippen LogP contribution in [0.25, 0.3) is 0 Å². The van der Waals surface area contributed by atoms with E-state index in [1.54, 1.807) is 6.07 Å². The molecule has 1 N–H and O–H groups in total. The number of aliphatic hydroxyl groups is 1. The molecule has 0 heterocycles. The third-order valence-corrected chi connectivity index (χ3v) is 3.10. The number of nitrogens with zero attached hydrogens (tertiary/aromatic N) is 3. The van der Waals surface area contributed by atoms with Crippen LogP contribution in [-0.2, 0) is 0 Å². The highest BCUT2D eigenvalue weighted by molar-refractivity contribution is 5.37. The van der Waals surface area contributed by atoms with Crippen LogP contribution >= 0.6 is 0 Å². The molecular weight excluding hydrogens is 298 g/mol. The van der Waals surface area contributed by atoms with Gasteiger partial charge in [0.25, 0.3) is 5.69 Å². The number of ether oxygens (including phenoxy) is 1. The van der Waals surface area contributed by atoms with Gasteiger partial charge in [0.15, 0.2) is 0 Å². The van der Waals surface area contributed by atoms with Gasteiger partial charge in [0.05, 0.1) is 17.1 Å². The van der Waals surface area contributed by atoms with Gasteiger partial charge in [0, 0.05) is 32.1 Å². The van der Waals surface area contributed by atoms with Crippen molar-refractivity contribution in [3.05, 3.63) is 34.4 Å². The zero-order chi connectivity index (χ0) is 17.2. The second-order valence-electron chi connectivity index (χ2n) is 5.78. The van der Waals surface area contributed by atoms with E-state index in [0.717, 1.165) is 6.54 Å². The summed E-state index contributed by atoms with van der Waals surface area (Å²) in [6.45, 7) is 5.98. The maximum Gasteiger partial charge on any atom is 0.273 e. The van der Waals surface area contributed by atoms with E-state index >= 15 is 0 Å². The van der Waals surface area contributed by atoms with E-state index in [0.29, 0.717) is 31.2 Å². The number of non-ortho nitro benzene ring substituents is 1. The summed E-state index contributed by atoms with van der Waals surface area (Å²) in [6, 6.07) is 7.96. The highest BCUT2D eigenvalue weighted by Gasteiger charge is 2.14. The average Bonchev–Trinajstić information content (AvgIpc) is 2.50. The van der Waals surface area contributed by atoms with Crippen LogP contribution in [0.3, 0.4) is 0 Å². The number of hydrogen-bond donors (Lipinski definition) is 1. The summed E-state index contributed by atoms with van der Waals surface area (Å²) in [4.78, 5) is 12.2. The molecule has 0 aliphatic carbocycles. The van der Waals surface area contributed by atoms with Crippen molar-refractivity contribution in [3.8, 4) is 11.8 Å². The second-order valence-corrected chi connectivity index (χ2v) is 5.78. The summed E-state index contributed by atoms with van der Waals surface area (Å²) in [5.74, 6) is 0.782. The molecule has 1 aromatic rings. The molecule has 7 nitrogen and oxygen atoms in total. The van der Waals surface area contributed by atoms with Crippen molar-refractivity contribution >= 4 is 5.69 Å². The van der Waals surface area contributed by atoms with E-state index in [4.69, 9.17) is 10.00 Å². The molecule has 126 valence electrons. The first-order valence-corrected chi connectivity index (χ1v) is 7.57. The Bertz CT molecular complexity index is 542. The van der Waals surface area contributed by atoms with Gasteiger partial charge in [-0.15, -0.1) is 0 Å². The molecule has 23 heavy (non-hydrogen) atoms. The predicted octanol–water partition coefficient (Wildman–Crippen LogP) is 2.21. The van der Waals surface area contributed by atoms with Gasteiger partial charge in [-0.25, -0.2) is 0 Å². The molecule has 0 spiro atoms. The number of hydrogen-bond acceptors (Lipinski definition) is 6. The van der Waals surface area contributed by atoms with Gasteiger partial charge in [-0.3, -0.25) is 15.0 Å². The van der Waals surface area contributed by atoms with E-state index in [2.05, 4.69) is 19.9 Å². The summed E-state index contributed by atoms with van der Waals surface area (Å²) >= 11 is 0. The zero-order valence-corrected chi connectivity index (χ0v) is 13.5. The van der Waals surface area contributed by atoms with Crippen molar-refractivity contribution < 1.29 is 14.8 Å². The number of nitriles is 1. The molecule has 0 unspecified atom stereocenters. The van der Waals surface area contributed by atoms with Gasteiger partial charge < -0.3 is 9.84 Å². The first-order chi connectivity index (χ1) is 10.9. The first kappa shape index (κ1) is 18.9. The number of rotatable bonds is 10. The largest absolute Gasteiger partial charge is 0.491 e. The fourth-order valence-corrected chi connectivity index (χ4v) is 2.21. The lowest BCUT2D eigenvalue weighted by molar-refractivity contribution is -0.384. The van der Waals surface area contributed by atoms with Crippen LogP contribution in [0, 0.1) is 27.4 Å². The van der Waals surface area contributed by atoms with Crippen LogP contribution in [0.4, 0.5) is 5.69 Å². The van der Waals surface area contributed by atoms with E-state index in [1.165, 1.54) is 18.2 Å². The van der Waals surface area contributed by atoms with Crippen molar-refractivity contribution in [2.24, 2.45) is 5.92 Å². The lowest BCUT2D eigenvalue weighted by atomic mass is 10.2. The molecule has 0 fully saturated rings. The molecule has 0 amide bonds. The first-order valence-electron chi connectivity index (χ1n) is 7.57. The molecule has 0 aromatic heterocycles. The summed E-state index contributed by atoms with van der Waals surface area (Å²) < 4.78 is 5.42. The van der Waals surface area contributed by atoms with Crippen LogP contribution < -0.4 is 4.74 Å². The minimum atomic E-state index is -0.730. The Morgan fingerprint density at radius 3 is 2.78 bits per heavy atom. The maximum atomic E-state index is 10.7. The Labute approximate surface area is 136 Å². The highest BCUT2D eigenvalue weighted by atomic mass is 16.6. The normalized spacial score (nSPS) is 12.2. The SMILES string of the molecule is CC(C)CN(CCC#N)C[C@@H](O)COc1cccc([N+](=O)[O-])c1. The second kappa shape index (κ2) is 9.77. The van der Waals surface area contributed by atoms with E-state index < -0.39 is 11.0 Å². The molecule has 0 aliphatic heterocycles. The molecule has 1 rings (SSSR count). The maximum absolute atomic E-state index is 10.7. The van der Waals surface area contributed by atoms with Crippen LogP contribution in [-0.4, -0.2) is 47.3 Å². The quantitative estimate of drug-likeness (QED) is 0.524. The van der Waals surface area contributed by atoms with Crippen molar-refractivity contribution in [1.29, 1.82) is 5.26 Å². The van der Waals surface area contributed by atoms with Crippen molar-refractivity contribution in [1.82, 2.24) is 4.90 Å². The number of nitro groups is 1. The smallest absolute Gasteiger partial charge is 0.273 e. The molecule has 0 radical (unpaired) electrons. The topological polar surface area (TPSA) is 99.6 Å². The molecule has 0 saturated heterocycles. The third-order valence-electron chi connectivity index (χ3n) is 3.10. The highest BCUT2D eigenvalue weighted by Crippen LogP contribution is 2.19. The summed E-state index contributed by atoms with van der Waals surface area (Å²) in [6.07, 6.45) is -0.322. The van der Waals surface area contributed by atoms with Gasteiger partial charge in [0.2, 0.25) is 0 Å². The molecule has 0 saturated carbocycles. The number of nitro benzene ring substituents is 1. The monoisotopic (exact) mass is 321 g/mol. The van der Waals surface area contributed by atoms with Crippen molar-refractivity contribution in [2.75, 3.05) is 26.2 Å². The van der Waals surface area contributed by atoms with Crippen molar-refractivity contribution in [2.45, 2.75) is 26.4 Å². The van der Waals surface area contributed by atoms with Gasteiger partial charge >= 0.3 is 0 Å². The lowest BCUT2D eigenvalue weighted by Crippen LogP contribution is -2.38. The van der Waals surface area contributed by atoms with Crippen LogP contribution in [0.2, 0.25) is 0 Å². The van der Waals surface area contributed by atoms with Gasteiger partial charge in [-0.1, -0.05) is 19.9 Å². The molecule has 7 heteroatoms. The Morgan fingerprint density at radius 2 is 2.17 bits per heavy atom. The summed E-state index contributed by atoms with van der Waals surface area (Å²) in [5, 5.41) is 29.5. The van der Waals surface area contributed by atoms with Gasteiger partial charge in [-0.05, 0) is 12.0 Å². The average molecular weight is 321 g/mol. The number of aliphatic hydroxyl groups excluding tert-OH is 1. The Hall–Kier alpha value is -2.17. The standard InChI is InChI=1S/C16H23N3O4/c1-13(2)10-18(8-4-7-17)11-15(20)12-23-16-6-3-5-14(9-16)19(21)22/h3,5-6,9,13,15,20H,4,8,10-12H2,1-2H3/t15-/m1/s1. The van der Waals surface area contributed by atoms with Gasteiger partial charge in [0.1, 0.15) is 18.5 Å². The lowest BCUT2D eigenvalue weighted by Gasteiger charge is -2.25. The fraction of sp³-hybridized carbons (Fsp3) is 0.562. The van der Waals surface area contributed by atoms with Crippen LogP contribution in [0.1, 0.15) is 20.3 Å². The Kier molecular flexibility index (Phi) is 8.02. The minimum absolute atomic E-state index is 0.0440. The van der Waals surface area contributed by atoms with Gasteiger partial charge in [-0.2, -0.15) is 5.26 Å². The molecule has 0 bridgehead atoms. The van der Waals surface area contributed by atoms with Crippen LogP contribution in [0.15, 0.2) is 24.3 Å². The van der Waals surface area contributed by atoms with Crippen LogP contribution in [0.5, 0.6) is 5.75 Å². The third kappa shape index (κ3) is 7.58. The number of benzene rings is 1. The molecule has 0 aliphatic rings. The summed E-state index contributed by atoms with van der Waals surface area (Å²) in [7, 11) is 0. The molecule has 1 atom stereocenters. The zero-order valence-electron chi connectivity index (χ0n) is 13.5. The van der Waals surface area contributed by atoms with Crippen molar-refractivity contribution in [3.63, 3.8) is 0 Å².